The fraction of sp³-hybridized carbons (Fsp3) is 0.538. The van der Waals surface area contributed by atoms with Gasteiger partial charge in [0.2, 0.25) is 0 Å². The number of aromatic amines is 1. The van der Waals surface area contributed by atoms with Crippen molar-refractivity contribution in [3.63, 3.8) is 0 Å². The van der Waals surface area contributed by atoms with Crippen molar-refractivity contribution in [1.82, 2.24) is 15.2 Å². The Labute approximate surface area is 116 Å². The number of nitrogens with one attached hydrogen (secondary N) is 1. The monoisotopic (exact) mass is 280 g/mol. The predicted molar refractivity (Wildman–Crippen MR) is 75.9 cm³/mol. The van der Waals surface area contributed by atoms with E-state index >= 15 is 0 Å². The highest BCUT2D eigenvalue weighted by Gasteiger charge is 2.22. The fourth-order valence-electron chi connectivity index (χ4n) is 2.52. The Kier molecular flexibility index (Phi) is 3.33. The summed E-state index contributed by atoms with van der Waals surface area (Å²) in [5, 5.41) is 7.77. The van der Waals surface area contributed by atoms with E-state index in [1.165, 1.54) is 0 Å². The lowest BCUT2D eigenvalue weighted by Gasteiger charge is -2.32. The molecule has 0 aromatic carbocycles. The molecule has 2 aromatic rings. The second-order valence-electron chi connectivity index (χ2n) is 4.96. The van der Waals surface area contributed by atoms with Gasteiger partial charge in [-0.3, -0.25) is 5.10 Å². The molecule has 6 heteroatoms. The largest absolute Gasteiger partial charge is 0.381 e. The summed E-state index contributed by atoms with van der Waals surface area (Å²) < 4.78 is 5.40. The van der Waals surface area contributed by atoms with Crippen molar-refractivity contribution in [3.05, 3.63) is 16.8 Å². The maximum absolute atomic E-state index is 6.34. The first-order valence-corrected chi connectivity index (χ1v) is 6.86. The Morgan fingerprint density at radius 1 is 1.42 bits per heavy atom. The molecule has 1 saturated heterocycles. The minimum Gasteiger partial charge on any atom is -0.381 e. The van der Waals surface area contributed by atoms with E-state index in [0.29, 0.717) is 11.1 Å². The number of fused-ring (bicyclic) bond motifs is 1. The average molecular weight is 281 g/mol. The summed E-state index contributed by atoms with van der Waals surface area (Å²) in [6.45, 7) is 3.58. The van der Waals surface area contributed by atoms with Gasteiger partial charge in [0.15, 0.2) is 0 Å². The average Bonchev–Trinajstić information content (AvgIpc) is 2.79. The minimum atomic E-state index is 0.434. The van der Waals surface area contributed by atoms with Crippen LogP contribution in [0.25, 0.3) is 11.0 Å². The summed E-state index contributed by atoms with van der Waals surface area (Å²) in [7, 11) is 2.05. The van der Waals surface area contributed by atoms with Crippen LogP contribution in [0, 0.1) is 6.92 Å². The molecule has 0 aliphatic carbocycles. The Hall–Kier alpha value is -1.33. The van der Waals surface area contributed by atoms with Gasteiger partial charge in [-0.05, 0) is 25.8 Å². The summed E-state index contributed by atoms with van der Waals surface area (Å²) in [5.74, 6) is 0.825. The van der Waals surface area contributed by atoms with E-state index in [4.69, 9.17) is 16.3 Å². The molecule has 0 saturated carbocycles. The summed E-state index contributed by atoms with van der Waals surface area (Å²) in [4.78, 5) is 6.83. The zero-order valence-electron chi connectivity index (χ0n) is 11.1. The Morgan fingerprint density at radius 3 is 2.89 bits per heavy atom. The molecule has 1 fully saturated rings. The molecule has 0 unspecified atom stereocenters. The van der Waals surface area contributed by atoms with Crippen LogP contribution in [0.4, 0.5) is 5.82 Å². The van der Waals surface area contributed by atoms with E-state index in [9.17, 15) is 0 Å². The van der Waals surface area contributed by atoms with Crippen LogP contribution in [-0.4, -0.2) is 41.5 Å². The smallest absolute Gasteiger partial charge is 0.148 e. The van der Waals surface area contributed by atoms with E-state index in [-0.39, 0.29) is 0 Å². The first kappa shape index (κ1) is 12.7. The van der Waals surface area contributed by atoms with Gasteiger partial charge in [-0.15, -0.1) is 0 Å². The standard InChI is InChI=1S/C13H17ClN4O/c1-8-12-11(17-16-8)7-10(14)13(15-12)18(2)9-3-5-19-6-4-9/h7,9H,3-6H2,1-2H3,(H,16,17). The number of rotatable bonds is 2. The van der Waals surface area contributed by atoms with Crippen LogP contribution >= 0.6 is 11.6 Å². The molecule has 1 N–H and O–H groups in total. The molecule has 3 rings (SSSR count). The molecular weight excluding hydrogens is 264 g/mol. The maximum Gasteiger partial charge on any atom is 0.148 e. The Balaban J connectivity index is 1.98. The summed E-state index contributed by atoms with van der Waals surface area (Å²) in [5.41, 5.74) is 2.67. The number of pyridine rings is 1. The Morgan fingerprint density at radius 2 is 2.16 bits per heavy atom. The number of hydrogen-bond donors (Lipinski definition) is 1. The van der Waals surface area contributed by atoms with Gasteiger partial charge in [-0.1, -0.05) is 11.6 Å². The molecule has 3 heterocycles. The number of nitrogens with zero attached hydrogens (tertiary/aromatic N) is 3. The zero-order valence-corrected chi connectivity index (χ0v) is 11.9. The van der Waals surface area contributed by atoms with Gasteiger partial charge in [0.25, 0.3) is 0 Å². The molecule has 1 aliphatic rings. The highest BCUT2D eigenvalue weighted by atomic mass is 35.5. The van der Waals surface area contributed by atoms with E-state index < -0.39 is 0 Å². The normalized spacial score (nSPS) is 17.0. The number of anilines is 1. The minimum absolute atomic E-state index is 0.434. The van der Waals surface area contributed by atoms with Crippen molar-refractivity contribution in [2.75, 3.05) is 25.2 Å². The number of aryl methyl sites for hydroxylation is 1. The van der Waals surface area contributed by atoms with E-state index in [0.717, 1.165) is 48.6 Å². The first-order chi connectivity index (χ1) is 9.16. The number of ether oxygens (including phenoxy) is 1. The van der Waals surface area contributed by atoms with Crippen molar-refractivity contribution >= 4 is 28.5 Å². The van der Waals surface area contributed by atoms with Crippen molar-refractivity contribution in [3.8, 4) is 0 Å². The van der Waals surface area contributed by atoms with Crippen molar-refractivity contribution in [2.24, 2.45) is 0 Å². The number of H-pyrrole nitrogens is 1. The van der Waals surface area contributed by atoms with E-state index in [2.05, 4.69) is 20.1 Å². The van der Waals surface area contributed by atoms with Crippen LogP contribution < -0.4 is 4.90 Å². The van der Waals surface area contributed by atoms with Crippen molar-refractivity contribution < 1.29 is 4.74 Å². The summed E-state index contributed by atoms with van der Waals surface area (Å²) in [6, 6.07) is 2.31. The van der Waals surface area contributed by atoms with Crippen molar-refractivity contribution in [2.45, 2.75) is 25.8 Å². The molecule has 0 spiro atoms. The highest BCUT2D eigenvalue weighted by Crippen LogP contribution is 2.30. The quantitative estimate of drug-likeness (QED) is 0.918. The van der Waals surface area contributed by atoms with E-state index in [1.54, 1.807) is 0 Å². The maximum atomic E-state index is 6.34. The topological polar surface area (TPSA) is 54.0 Å². The molecule has 0 radical (unpaired) electrons. The lowest BCUT2D eigenvalue weighted by atomic mass is 10.1. The third kappa shape index (κ3) is 2.28. The molecule has 0 amide bonds. The number of halogens is 1. The lowest BCUT2D eigenvalue weighted by molar-refractivity contribution is 0.0854. The second-order valence-corrected chi connectivity index (χ2v) is 5.37. The van der Waals surface area contributed by atoms with E-state index in [1.807, 2.05) is 20.0 Å². The number of hydrogen-bond acceptors (Lipinski definition) is 4. The van der Waals surface area contributed by atoms with Gasteiger partial charge in [0.1, 0.15) is 16.9 Å². The SMILES string of the molecule is Cc1[nH]nc2cc(Cl)c(N(C)C3CCOCC3)nc12. The lowest BCUT2D eigenvalue weighted by Crippen LogP contribution is -2.37. The van der Waals surface area contributed by atoms with Crippen LogP contribution in [0.3, 0.4) is 0 Å². The molecular formula is C13H17ClN4O. The van der Waals surface area contributed by atoms with Crippen molar-refractivity contribution in [1.29, 1.82) is 0 Å². The van der Waals surface area contributed by atoms with Gasteiger partial charge >= 0.3 is 0 Å². The molecule has 0 bridgehead atoms. The van der Waals surface area contributed by atoms with Gasteiger partial charge in [0.05, 0.1) is 10.7 Å². The molecule has 5 nitrogen and oxygen atoms in total. The van der Waals surface area contributed by atoms with Gasteiger partial charge < -0.3 is 9.64 Å². The van der Waals surface area contributed by atoms with Gasteiger partial charge in [-0.2, -0.15) is 5.10 Å². The molecule has 102 valence electrons. The van der Waals surface area contributed by atoms with Gasteiger partial charge in [0, 0.05) is 26.3 Å². The van der Waals surface area contributed by atoms with Gasteiger partial charge in [-0.25, -0.2) is 4.98 Å². The highest BCUT2D eigenvalue weighted by molar-refractivity contribution is 6.33. The Bertz CT molecular complexity index is 592. The third-order valence-electron chi connectivity index (χ3n) is 3.71. The zero-order chi connectivity index (χ0) is 13.4. The van der Waals surface area contributed by atoms with Crippen LogP contribution in [0.1, 0.15) is 18.5 Å². The fourth-order valence-corrected chi connectivity index (χ4v) is 2.80. The number of aromatic nitrogens is 3. The first-order valence-electron chi connectivity index (χ1n) is 6.48. The molecule has 0 atom stereocenters. The molecule has 19 heavy (non-hydrogen) atoms. The molecule has 2 aromatic heterocycles. The summed E-state index contributed by atoms with van der Waals surface area (Å²) in [6.07, 6.45) is 2.02. The summed E-state index contributed by atoms with van der Waals surface area (Å²) >= 11 is 6.34. The predicted octanol–water partition coefficient (Wildman–Crippen LogP) is 2.53. The second kappa shape index (κ2) is 4.98. The van der Waals surface area contributed by atoms with Crippen LogP contribution in [0.2, 0.25) is 5.02 Å². The van der Waals surface area contributed by atoms with Crippen LogP contribution in [-0.2, 0) is 4.74 Å². The third-order valence-corrected chi connectivity index (χ3v) is 3.99. The molecule has 1 aliphatic heterocycles. The van der Waals surface area contributed by atoms with Crippen LogP contribution in [0.5, 0.6) is 0 Å². The van der Waals surface area contributed by atoms with Crippen LogP contribution in [0.15, 0.2) is 6.07 Å².